The fourth-order valence-electron chi connectivity index (χ4n) is 3.43. The molecule has 3 unspecified atom stereocenters. The highest BCUT2D eigenvalue weighted by atomic mass is 32.1. The molecule has 6 nitrogen and oxygen atoms in total. The van der Waals surface area contributed by atoms with Crippen molar-refractivity contribution >= 4 is 28.3 Å². The Hall–Kier alpha value is -3.03. The van der Waals surface area contributed by atoms with Crippen LogP contribution in [0, 0.1) is 5.92 Å². The summed E-state index contributed by atoms with van der Waals surface area (Å²) in [6.45, 7) is 0. The van der Waals surface area contributed by atoms with Gasteiger partial charge in [0.1, 0.15) is 5.92 Å². The van der Waals surface area contributed by atoms with Gasteiger partial charge >= 0.3 is 0 Å². The highest BCUT2D eigenvalue weighted by Gasteiger charge is 2.44. The Labute approximate surface area is 160 Å². The Morgan fingerprint density at radius 2 is 1.67 bits per heavy atom. The fraction of sp³-hybridized carbons (Fsp3) is 0.150. The number of anilines is 1. The van der Waals surface area contributed by atoms with Gasteiger partial charge in [0.25, 0.3) is 0 Å². The van der Waals surface area contributed by atoms with E-state index in [0.29, 0.717) is 5.13 Å². The Morgan fingerprint density at radius 1 is 1.00 bits per heavy atom. The zero-order valence-electron chi connectivity index (χ0n) is 14.3. The van der Waals surface area contributed by atoms with Crippen LogP contribution < -0.4 is 16.2 Å². The van der Waals surface area contributed by atoms with Crippen molar-refractivity contribution in [1.82, 2.24) is 15.8 Å². The molecule has 1 saturated heterocycles. The van der Waals surface area contributed by atoms with Crippen LogP contribution in [0.3, 0.4) is 0 Å². The molecule has 27 heavy (non-hydrogen) atoms. The summed E-state index contributed by atoms with van der Waals surface area (Å²) in [7, 11) is 0. The molecule has 2 aromatic carbocycles. The van der Waals surface area contributed by atoms with Crippen molar-refractivity contribution in [3.8, 4) is 0 Å². The average Bonchev–Trinajstić information content (AvgIpc) is 3.22. The molecule has 1 aliphatic rings. The first-order chi connectivity index (χ1) is 13.2. The second-order valence-electron chi connectivity index (χ2n) is 6.26. The van der Waals surface area contributed by atoms with Gasteiger partial charge in [-0.25, -0.2) is 10.4 Å². The number of nitrogens with zero attached hydrogens (tertiary/aromatic N) is 1. The Morgan fingerprint density at radius 3 is 2.30 bits per heavy atom. The lowest BCUT2D eigenvalue weighted by molar-refractivity contribution is -0.137. The van der Waals surface area contributed by atoms with E-state index >= 15 is 0 Å². The number of amides is 2. The molecule has 0 spiro atoms. The zero-order valence-corrected chi connectivity index (χ0v) is 15.1. The van der Waals surface area contributed by atoms with Crippen LogP contribution in [0.4, 0.5) is 5.13 Å². The fourth-order valence-corrected chi connectivity index (χ4v) is 3.97. The molecule has 1 aliphatic heterocycles. The molecule has 4 rings (SSSR count). The van der Waals surface area contributed by atoms with Crippen molar-refractivity contribution in [2.75, 3.05) is 5.32 Å². The topological polar surface area (TPSA) is 83.1 Å². The first kappa shape index (κ1) is 17.4. The number of nitrogens with one attached hydrogen (secondary N) is 3. The largest absolute Gasteiger partial charge is 0.301 e. The smallest absolute Gasteiger partial charge is 0.247 e. The molecule has 2 heterocycles. The van der Waals surface area contributed by atoms with E-state index in [4.69, 9.17) is 0 Å². The lowest BCUT2D eigenvalue weighted by Crippen LogP contribution is -2.56. The van der Waals surface area contributed by atoms with Gasteiger partial charge in [0.05, 0.1) is 6.04 Å². The van der Waals surface area contributed by atoms with Gasteiger partial charge in [0.15, 0.2) is 5.13 Å². The van der Waals surface area contributed by atoms with Crippen molar-refractivity contribution in [3.63, 3.8) is 0 Å². The van der Waals surface area contributed by atoms with Crippen LogP contribution in [-0.2, 0) is 9.59 Å². The maximum Gasteiger partial charge on any atom is 0.247 e. The summed E-state index contributed by atoms with van der Waals surface area (Å²) in [5.41, 5.74) is 7.68. The average molecular weight is 378 g/mol. The molecular formula is C20H18N4O2S. The van der Waals surface area contributed by atoms with E-state index in [0.717, 1.165) is 11.1 Å². The maximum atomic E-state index is 13.0. The summed E-state index contributed by atoms with van der Waals surface area (Å²) in [4.78, 5) is 29.8. The van der Waals surface area contributed by atoms with Gasteiger partial charge in [0.2, 0.25) is 11.8 Å². The SMILES string of the molecule is O=C1NNC(c2ccccc2)C(c2ccccc2)C1C(=O)Nc1nccs1. The van der Waals surface area contributed by atoms with E-state index in [-0.39, 0.29) is 23.8 Å². The van der Waals surface area contributed by atoms with Crippen LogP contribution in [0.2, 0.25) is 0 Å². The third kappa shape index (κ3) is 3.60. The van der Waals surface area contributed by atoms with Crippen LogP contribution >= 0.6 is 11.3 Å². The molecule has 1 fully saturated rings. The zero-order chi connectivity index (χ0) is 18.6. The minimum absolute atomic E-state index is 0.238. The minimum atomic E-state index is -0.886. The van der Waals surface area contributed by atoms with Gasteiger partial charge in [-0.05, 0) is 11.1 Å². The van der Waals surface area contributed by atoms with Crippen LogP contribution in [0.1, 0.15) is 23.1 Å². The predicted molar refractivity (Wildman–Crippen MR) is 104 cm³/mol. The molecular weight excluding hydrogens is 360 g/mol. The molecule has 3 N–H and O–H groups in total. The van der Waals surface area contributed by atoms with Crippen LogP contribution in [0.25, 0.3) is 0 Å². The van der Waals surface area contributed by atoms with Crippen molar-refractivity contribution in [2.24, 2.45) is 5.92 Å². The highest BCUT2D eigenvalue weighted by Crippen LogP contribution is 2.39. The van der Waals surface area contributed by atoms with Crippen molar-refractivity contribution in [1.29, 1.82) is 0 Å². The molecule has 0 aliphatic carbocycles. The molecule has 3 aromatic rings. The number of hydrazine groups is 1. The van der Waals surface area contributed by atoms with Crippen molar-refractivity contribution < 1.29 is 9.59 Å². The van der Waals surface area contributed by atoms with E-state index in [2.05, 4.69) is 21.2 Å². The van der Waals surface area contributed by atoms with Crippen LogP contribution in [0.15, 0.2) is 72.2 Å². The number of hydrogen-bond donors (Lipinski definition) is 3. The number of carbonyl (C=O) groups excluding carboxylic acids is 2. The molecule has 2 amide bonds. The molecule has 7 heteroatoms. The van der Waals surface area contributed by atoms with Crippen molar-refractivity contribution in [2.45, 2.75) is 12.0 Å². The summed E-state index contributed by atoms with van der Waals surface area (Å²) < 4.78 is 0. The first-order valence-corrected chi connectivity index (χ1v) is 9.47. The number of carbonyl (C=O) groups is 2. The Bertz CT molecular complexity index is 916. The third-order valence-electron chi connectivity index (χ3n) is 4.64. The lowest BCUT2D eigenvalue weighted by atomic mass is 9.76. The van der Waals surface area contributed by atoms with Gasteiger partial charge in [-0.3, -0.25) is 15.0 Å². The van der Waals surface area contributed by atoms with E-state index in [1.807, 2.05) is 60.7 Å². The van der Waals surface area contributed by atoms with Gasteiger partial charge < -0.3 is 5.32 Å². The monoisotopic (exact) mass is 378 g/mol. The van der Waals surface area contributed by atoms with Gasteiger partial charge in [-0.15, -0.1) is 11.3 Å². The van der Waals surface area contributed by atoms with E-state index < -0.39 is 5.92 Å². The number of rotatable bonds is 4. The molecule has 1 aromatic heterocycles. The van der Waals surface area contributed by atoms with E-state index in [1.165, 1.54) is 11.3 Å². The number of hydrogen-bond acceptors (Lipinski definition) is 5. The Balaban J connectivity index is 1.74. The molecule has 0 radical (unpaired) electrons. The summed E-state index contributed by atoms with van der Waals surface area (Å²) in [5, 5.41) is 5.03. The highest BCUT2D eigenvalue weighted by molar-refractivity contribution is 7.13. The third-order valence-corrected chi connectivity index (χ3v) is 5.33. The molecule has 0 bridgehead atoms. The molecule has 0 saturated carbocycles. The van der Waals surface area contributed by atoms with Gasteiger partial charge in [-0.1, -0.05) is 60.7 Å². The Kier molecular flexibility index (Phi) is 4.95. The van der Waals surface area contributed by atoms with Crippen molar-refractivity contribution in [3.05, 3.63) is 83.4 Å². The molecule has 136 valence electrons. The molecule has 3 atom stereocenters. The summed E-state index contributed by atoms with van der Waals surface area (Å²) in [5.74, 6) is -1.96. The normalized spacial score (nSPS) is 22.1. The van der Waals surface area contributed by atoms with E-state index in [1.54, 1.807) is 11.6 Å². The van der Waals surface area contributed by atoms with Gasteiger partial charge in [-0.2, -0.15) is 0 Å². The number of benzene rings is 2. The quantitative estimate of drug-likeness (QED) is 0.610. The van der Waals surface area contributed by atoms with E-state index in [9.17, 15) is 9.59 Å². The summed E-state index contributed by atoms with van der Waals surface area (Å²) >= 11 is 1.32. The number of aromatic nitrogens is 1. The van der Waals surface area contributed by atoms with Gasteiger partial charge in [0, 0.05) is 17.5 Å². The maximum absolute atomic E-state index is 13.0. The first-order valence-electron chi connectivity index (χ1n) is 8.59. The second-order valence-corrected chi connectivity index (χ2v) is 7.16. The summed E-state index contributed by atoms with van der Waals surface area (Å²) in [6.07, 6.45) is 1.62. The standard InChI is InChI=1S/C20H18N4O2S/c25-18(22-20-21-11-12-27-20)16-15(13-7-3-1-4-8-13)17(23-24-19(16)26)14-9-5-2-6-10-14/h1-12,15-17,23H,(H,24,26)(H,21,22,25). The second kappa shape index (κ2) is 7.69. The summed E-state index contributed by atoms with van der Waals surface area (Å²) in [6, 6.07) is 19.2. The minimum Gasteiger partial charge on any atom is -0.301 e. The lowest BCUT2D eigenvalue weighted by Gasteiger charge is -2.38. The predicted octanol–water partition coefficient (Wildman–Crippen LogP) is 2.86. The van der Waals surface area contributed by atoms with Crippen LogP contribution in [-0.4, -0.2) is 16.8 Å². The number of thiazole rings is 1. The van der Waals surface area contributed by atoms with Crippen LogP contribution in [0.5, 0.6) is 0 Å².